The van der Waals surface area contributed by atoms with Crippen molar-refractivity contribution in [3.05, 3.63) is 51.4 Å². The van der Waals surface area contributed by atoms with Crippen LogP contribution in [0.3, 0.4) is 0 Å². The number of hydrogen-bond acceptors (Lipinski definition) is 4. The Bertz CT molecular complexity index is 1080. The molecular weight excluding hydrogens is 370 g/mol. The summed E-state index contributed by atoms with van der Waals surface area (Å²) in [6, 6.07) is 6.23. The Labute approximate surface area is 168 Å². The number of benzene rings is 1. The topological polar surface area (TPSA) is 55.2 Å². The van der Waals surface area contributed by atoms with Crippen molar-refractivity contribution in [2.45, 2.75) is 46.1 Å². The van der Waals surface area contributed by atoms with Crippen LogP contribution in [0.25, 0.3) is 21.3 Å². The lowest BCUT2D eigenvalue weighted by atomic mass is 10.0. The van der Waals surface area contributed by atoms with Crippen LogP contribution in [0.2, 0.25) is 0 Å². The number of thiophene rings is 1. The molecule has 5 nitrogen and oxygen atoms in total. The van der Waals surface area contributed by atoms with Gasteiger partial charge < -0.3 is 4.90 Å². The van der Waals surface area contributed by atoms with Crippen LogP contribution in [0, 0.1) is 13.8 Å². The zero-order valence-corrected chi connectivity index (χ0v) is 17.2. The maximum Gasteiger partial charge on any atom is 0.263 e. The van der Waals surface area contributed by atoms with Crippen LogP contribution in [-0.4, -0.2) is 33.4 Å². The van der Waals surface area contributed by atoms with Crippen LogP contribution in [0.15, 0.2) is 34.7 Å². The van der Waals surface area contributed by atoms with E-state index in [1.807, 2.05) is 16.3 Å². The monoisotopic (exact) mass is 395 g/mol. The lowest BCUT2D eigenvalue weighted by molar-refractivity contribution is -0.131. The fraction of sp³-hybridized carbons (Fsp3) is 0.409. The molecule has 0 atom stereocenters. The highest BCUT2D eigenvalue weighted by Crippen LogP contribution is 2.31. The summed E-state index contributed by atoms with van der Waals surface area (Å²) in [5.41, 5.74) is 4.20. The Hall–Kier alpha value is -2.47. The number of hydrogen-bond donors (Lipinski definition) is 0. The molecule has 3 heterocycles. The number of amides is 1. The molecule has 1 aromatic carbocycles. The Morgan fingerprint density at radius 3 is 2.57 bits per heavy atom. The first kappa shape index (κ1) is 18.9. The van der Waals surface area contributed by atoms with Gasteiger partial charge in [-0.15, -0.1) is 11.3 Å². The van der Waals surface area contributed by atoms with Crippen LogP contribution >= 0.6 is 11.3 Å². The molecule has 0 bridgehead atoms. The largest absolute Gasteiger partial charge is 0.341 e. The first-order valence-corrected chi connectivity index (χ1v) is 10.7. The van der Waals surface area contributed by atoms with Gasteiger partial charge in [0.1, 0.15) is 11.4 Å². The van der Waals surface area contributed by atoms with Gasteiger partial charge in [-0.1, -0.05) is 31.0 Å². The third kappa shape index (κ3) is 3.61. The van der Waals surface area contributed by atoms with Crippen molar-refractivity contribution in [3.63, 3.8) is 0 Å². The number of rotatable bonds is 3. The van der Waals surface area contributed by atoms with Crippen LogP contribution in [-0.2, 0) is 11.3 Å². The van der Waals surface area contributed by atoms with Crippen LogP contribution in [0.4, 0.5) is 0 Å². The maximum atomic E-state index is 13.2. The molecule has 0 aliphatic carbocycles. The van der Waals surface area contributed by atoms with E-state index in [2.05, 4.69) is 31.0 Å². The van der Waals surface area contributed by atoms with E-state index < -0.39 is 0 Å². The molecule has 28 heavy (non-hydrogen) atoms. The second kappa shape index (κ2) is 7.87. The molecule has 0 radical (unpaired) electrons. The van der Waals surface area contributed by atoms with Crippen LogP contribution < -0.4 is 5.56 Å². The molecule has 1 amide bonds. The Morgan fingerprint density at radius 2 is 1.86 bits per heavy atom. The fourth-order valence-corrected chi connectivity index (χ4v) is 4.67. The SMILES string of the molecule is Cc1ccc(-c2csc3ncn(CC(=O)N4CCCCCC4)c(=O)c23)cc1C. The third-order valence-corrected chi connectivity index (χ3v) is 6.53. The molecule has 0 saturated carbocycles. The lowest BCUT2D eigenvalue weighted by Gasteiger charge is -2.20. The van der Waals surface area contributed by atoms with E-state index in [9.17, 15) is 9.59 Å². The number of fused-ring (bicyclic) bond motifs is 1. The Morgan fingerprint density at radius 1 is 1.11 bits per heavy atom. The Balaban J connectivity index is 1.69. The molecule has 3 aromatic rings. The minimum absolute atomic E-state index is 0.00751. The van der Waals surface area contributed by atoms with Crippen molar-refractivity contribution in [1.82, 2.24) is 14.5 Å². The minimum Gasteiger partial charge on any atom is -0.341 e. The maximum absolute atomic E-state index is 13.2. The second-order valence-electron chi connectivity index (χ2n) is 7.60. The van der Waals surface area contributed by atoms with Crippen LogP contribution in [0.5, 0.6) is 0 Å². The molecule has 0 unspecified atom stereocenters. The predicted octanol–water partition coefficient (Wildman–Crippen LogP) is 4.14. The number of likely N-dealkylation sites (tertiary alicyclic amines) is 1. The van der Waals surface area contributed by atoms with Crippen molar-refractivity contribution in [2.75, 3.05) is 13.1 Å². The van der Waals surface area contributed by atoms with Crippen molar-refractivity contribution >= 4 is 27.5 Å². The smallest absolute Gasteiger partial charge is 0.263 e. The van der Waals surface area contributed by atoms with Crippen molar-refractivity contribution in [3.8, 4) is 11.1 Å². The van der Waals surface area contributed by atoms with Gasteiger partial charge in [-0.05, 0) is 43.4 Å². The van der Waals surface area contributed by atoms with Gasteiger partial charge in [0.25, 0.3) is 5.56 Å². The van der Waals surface area contributed by atoms with Crippen molar-refractivity contribution < 1.29 is 4.79 Å². The summed E-state index contributed by atoms with van der Waals surface area (Å²) in [5.74, 6) is 0.00751. The van der Waals surface area contributed by atoms with E-state index in [1.54, 1.807) is 0 Å². The van der Waals surface area contributed by atoms with Gasteiger partial charge in [0.15, 0.2) is 0 Å². The van der Waals surface area contributed by atoms with E-state index in [4.69, 9.17) is 0 Å². The minimum atomic E-state index is -0.136. The van der Waals surface area contributed by atoms with Gasteiger partial charge in [-0.3, -0.25) is 14.2 Å². The quantitative estimate of drug-likeness (QED) is 0.670. The number of aromatic nitrogens is 2. The van der Waals surface area contributed by atoms with E-state index in [1.165, 1.54) is 46.2 Å². The zero-order valence-electron chi connectivity index (χ0n) is 16.4. The fourth-order valence-electron chi connectivity index (χ4n) is 3.77. The summed E-state index contributed by atoms with van der Waals surface area (Å²) in [4.78, 5) is 33.0. The van der Waals surface area contributed by atoms with Gasteiger partial charge >= 0.3 is 0 Å². The normalized spacial score (nSPS) is 15.0. The molecule has 0 N–H and O–H groups in total. The van der Waals surface area contributed by atoms with Crippen molar-refractivity contribution in [1.29, 1.82) is 0 Å². The van der Waals surface area contributed by atoms with Gasteiger partial charge in [0, 0.05) is 24.0 Å². The average molecular weight is 396 g/mol. The Kier molecular flexibility index (Phi) is 5.31. The summed E-state index contributed by atoms with van der Waals surface area (Å²) < 4.78 is 1.47. The number of carbonyl (C=O) groups excluding carboxylic acids is 1. The summed E-state index contributed by atoms with van der Waals surface area (Å²) in [6.45, 7) is 5.78. The van der Waals surface area contributed by atoms with Gasteiger partial charge in [0.2, 0.25) is 5.91 Å². The highest BCUT2D eigenvalue weighted by atomic mass is 32.1. The predicted molar refractivity (Wildman–Crippen MR) is 114 cm³/mol. The molecule has 1 fully saturated rings. The highest BCUT2D eigenvalue weighted by Gasteiger charge is 2.19. The van der Waals surface area contributed by atoms with E-state index in [-0.39, 0.29) is 18.0 Å². The van der Waals surface area contributed by atoms with Gasteiger partial charge in [-0.2, -0.15) is 0 Å². The lowest BCUT2D eigenvalue weighted by Crippen LogP contribution is -2.37. The molecule has 1 saturated heterocycles. The molecular formula is C22H25N3O2S. The van der Waals surface area contributed by atoms with E-state index in [0.717, 1.165) is 41.9 Å². The molecule has 0 spiro atoms. The van der Waals surface area contributed by atoms with Crippen molar-refractivity contribution in [2.24, 2.45) is 0 Å². The number of nitrogens with zero attached hydrogens (tertiary/aromatic N) is 3. The molecule has 1 aliphatic heterocycles. The molecule has 146 valence electrons. The number of carbonyl (C=O) groups is 1. The molecule has 2 aromatic heterocycles. The second-order valence-corrected chi connectivity index (χ2v) is 8.46. The summed E-state index contributed by atoms with van der Waals surface area (Å²) >= 11 is 1.47. The zero-order chi connectivity index (χ0) is 19.7. The average Bonchev–Trinajstić information content (AvgIpc) is 2.93. The summed E-state index contributed by atoms with van der Waals surface area (Å²) in [6.07, 6.45) is 5.94. The third-order valence-electron chi connectivity index (χ3n) is 5.64. The molecule has 6 heteroatoms. The number of aryl methyl sites for hydroxylation is 2. The summed E-state index contributed by atoms with van der Waals surface area (Å²) in [7, 11) is 0. The van der Waals surface area contributed by atoms with Gasteiger partial charge in [0.05, 0.1) is 11.7 Å². The first-order chi connectivity index (χ1) is 13.5. The molecule has 4 rings (SSSR count). The standard InChI is InChI=1S/C22H25N3O2S/c1-15-7-8-17(11-16(15)2)18-13-28-21-20(18)22(27)25(14-23-21)12-19(26)24-9-5-3-4-6-10-24/h7-8,11,13-14H,3-6,9-10,12H2,1-2H3. The van der Waals surface area contributed by atoms with Crippen LogP contribution in [0.1, 0.15) is 36.8 Å². The molecule has 1 aliphatic rings. The highest BCUT2D eigenvalue weighted by molar-refractivity contribution is 7.17. The van der Waals surface area contributed by atoms with E-state index >= 15 is 0 Å². The van der Waals surface area contributed by atoms with Gasteiger partial charge in [-0.25, -0.2) is 4.98 Å². The summed E-state index contributed by atoms with van der Waals surface area (Å²) in [5, 5.41) is 2.60. The first-order valence-electron chi connectivity index (χ1n) is 9.86. The van der Waals surface area contributed by atoms with E-state index in [0.29, 0.717) is 5.39 Å².